The SMILES string of the molecule is CCN(Cc1ccccc1C)C(=O)CN1C(=O)NC(C)(c2ccc(F)cc2)C1=O. The summed E-state index contributed by atoms with van der Waals surface area (Å²) < 4.78 is 13.2. The summed E-state index contributed by atoms with van der Waals surface area (Å²) in [5.41, 5.74) is 1.20. The molecule has 29 heavy (non-hydrogen) atoms. The first-order valence-electron chi connectivity index (χ1n) is 9.48. The van der Waals surface area contributed by atoms with E-state index in [0.29, 0.717) is 18.7 Å². The molecule has 3 rings (SSSR count). The molecular formula is C22H24FN3O3. The summed E-state index contributed by atoms with van der Waals surface area (Å²) >= 11 is 0. The molecule has 6 nitrogen and oxygen atoms in total. The molecule has 4 amide bonds. The van der Waals surface area contributed by atoms with Gasteiger partial charge in [-0.05, 0) is 49.6 Å². The molecule has 1 fully saturated rings. The number of urea groups is 1. The van der Waals surface area contributed by atoms with E-state index in [0.717, 1.165) is 16.0 Å². The van der Waals surface area contributed by atoms with Crippen LogP contribution >= 0.6 is 0 Å². The third kappa shape index (κ3) is 3.99. The fourth-order valence-electron chi connectivity index (χ4n) is 3.42. The van der Waals surface area contributed by atoms with Gasteiger partial charge in [0.05, 0.1) is 0 Å². The minimum Gasteiger partial charge on any atom is -0.337 e. The molecule has 1 aliphatic rings. The molecule has 0 aliphatic carbocycles. The average Bonchev–Trinajstić information content (AvgIpc) is 2.91. The predicted octanol–water partition coefficient (Wildman–Crippen LogP) is 2.95. The maximum Gasteiger partial charge on any atom is 0.325 e. The highest BCUT2D eigenvalue weighted by Crippen LogP contribution is 2.29. The van der Waals surface area contributed by atoms with Crippen molar-refractivity contribution in [3.8, 4) is 0 Å². The molecule has 0 saturated carbocycles. The van der Waals surface area contributed by atoms with Crippen molar-refractivity contribution in [3.63, 3.8) is 0 Å². The van der Waals surface area contributed by atoms with Crippen molar-refractivity contribution in [1.82, 2.24) is 15.1 Å². The number of hydrogen-bond acceptors (Lipinski definition) is 3. The fraction of sp³-hybridized carbons (Fsp3) is 0.318. The quantitative estimate of drug-likeness (QED) is 0.762. The number of imide groups is 1. The van der Waals surface area contributed by atoms with Gasteiger partial charge < -0.3 is 10.2 Å². The molecule has 1 N–H and O–H groups in total. The summed E-state index contributed by atoms with van der Waals surface area (Å²) in [6.45, 7) is 5.88. The van der Waals surface area contributed by atoms with Gasteiger partial charge in [-0.2, -0.15) is 0 Å². The van der Waals surface area contributed by atoms with Gasteiger partial charge in [-0.25, -0.2) is 9.18 Å². The number of amides is 4. The van der Waals surface area contributed by atoms with Crippen molar-refractivity contribution in [3.05, 3.63) is 71.0 Å². The minimum absolute atomic E-state index is 0.317. The third-order valence-corrected chi connectivity index (χ3v) is 5.35. The lowest BCUT2D eigenvalue weighted by molar-refractivity contribution is -0.139. The molecule has 152 valence electrons. The van der Waals surface area contributed by atoms with E-state index in [1.54, 1.807) is 11.8 Å². The van der Waals surface area contributed by atoms with Gasteiger partial charge in [0, 0.05) is 13.1 Å². The zero-order chi connectivity index (χ0) is 21.2. The number of rotatable bonds is 6. The summed E-state index contributed by atoms with van der Waals surface area (Å²) in [7, 11) is 0. The molecule has 1 atom stereocenters. The van der Waals surface area contributed by atoms with Crippen LogP contribution < -0.4 is 5.32 Å². The molecule has 0 aromatic heterocycles. The number of aryl methyl sites for hydroxylation is 1. The van der Waals surface area contributed by atoms with Crippen LogP contribution in [0.15, 0.2) is 48.5 Å². The van der Waals surface area contributed by atoms with E-state index in [9.17, 15) is 18.8 Å². The molecule has 0 spiro atoms. The van der Waals surface area contributed by atoms with Gasteiger partial charge >= 0.3 is 6.03 Å². The summed E-state index contributed by atoms with van der Waals surface area (Å²) in [4.78, 5) is 40.8. The van der Waals surface area contributed by atoms with E-state index in [1.807, 2.05) is 38.1 Å². The maximum absolute atomic E-state index is 13.2. The molecular weight excluding hydrogens is 373 g/mol. The number of carbonyl (C=O) groups is 3. The Bertz CT molecular complexity index is 945. The first-order chi connectivity index (χ1) is 13.8. The van der Waals surface area contributed by atoms with Crippen LogP contribution in [0.1, 0.15) is 30.5 Å². The van der Waals surface area contributed by atoms with Crippen LogP contribution in [0.3, 0.4) is 0 Å². The Hall–Kier alpha value is -3.22. The number of carbonyl (C=O) groups excluding carboxylic acids is 3. The summed E-state index contributed by atoms with van der Waals surface area (Å²) in [6.07, 6.45) is 0. The lowest BCUT2D eigenvalue weighted by Crippen LogP contribution is -2.44. The van der Waals surface area contributed by atoms with Crippen LogP contribution in [0, 0.1) is 12.7 Å². The Morgan fingerprint density at radius 2 is 1.79 bits per heavy atom. The molecule has 7 heteroatoms. The Balaban J connectivity index is 1.75. The van der Waals surface area contributed by atoms with Crippen molar-refractivity contribution >= 4 is 17.8 Å². The normalized spacial score (nSPS) is 18.7. The lowest BCUT2D eigenvalue weighted by atomic mass is 9.92. The third-order valence-electron chi connectivity index (χ3n) is 5.35. The van der Waals surface area contributed by atoms with Gasteiger partial charge in [-0.3, -0.25) is 14.5 Å². The first-order valence-corrected chi connectivity index (χ1v) is 9.48. The van der Waals surface area contributed by atoms with Gasteiger partial charge in [0.25, 0.3) is 5.91 Å². The number of halogens is 1. The Morgan fingerprint density at radius 3 is 2.41 bits per heavy atom. The van der Waals surface area contributed by atoms with Gasteiger partial charge in [-0.15, -0.1) is 0 Å². The van der Waals surface area contributed by atoms with E-state index < -0.39 is 23.3 Å². The Morgan fingerprint density at radius 1 is 1.14 bits per heavy atom. The molecule has 1 saturated heterocycles. The zero-order valence-corrected chi connectivity index (χ0v) is 16.7. The van der Waals surface area contributed by atoms with E-state index in [-0.39, 0.29) is 12.5 Å². The standard InChI is InChI=1S/C22H24FN3O3/c1-4-25(13-16-8-6-5-7-15(16)2)19(27)14-26-20(28)22(3,24-21(26)29)17-9-11-18(23)12-10-17/h5-12H,4,13-14H2,1-3H3,(H,24,29). The van der Waals surface area contributed by atoms with E-state index in [1.165, 1.54) is 24.3 Å². The van der Waals surface area contributed by atoms with Crippen LogP contribution in [0.5, 0.6) is 0 Å². The van der Waals surface area contributed by atoms with Crippen molar-refractivity contribution in [1.29, 1.82) is 0 Å². The van der Waals surface area contributed by atoms with Crippen LogP contribution in [0.4, 0.5) is 9.18 Å². The predicted molar refractivity (Wildman–Crippen MR) is 106 cm³/mol. The second kappa shape index (κ2) is 8.03. The highest BCUT2D eigenvalue weighted by atomic mass is 19.1. The van der Waals surface area contributed by atoms with Gasteiger partial charge in [-0.1, -0.05) is 36.4 Å². The minimum atomic E-state index is -1.34. The highest BCUT2D eigenvalue weighted by Gasteiger charge is 2.49. The summed E-state index contributed by atoms with van der Waals surface area (Å²) in [6, 6.07) is 12.5. The maximum atomic E-state index is 13.2. The molecule has 0 bridgehead atoms. The largest absolute Gasteiger partial charge is 0.337 e. The number of benzene rings is 2. The van der Waals surface area contributed by atoms with Crippen molar-refractivity contribution in [2.24, 2.45) is 0 Å². The van der Waals surface area contributed by atoms with Crippen LogP contribution in [-0.4, -0.2) is 40.7 Å². The van der Waals surface area contributed by atoms with Crippen molar-refractivity contribution in [2.75, 3.05) is 13.1 Å². The first kappa shape index (κ1) is 20.5. The van der Waals surface area contributed by atoms with E-state index >= 15 is 0 Å². The second-order valence-corrected chi connectivity index (χ2v) is 7.29. The van der Waals surface area contributed by atoms with Crippen LogP contribution in [-0.2, 0) is 21.7 Å². The van der Waals surface area contributed by atoms with Crippen LogP contribution in [0.25, 0.3) is 0 Å². The van der Waals surface area contributed by atoms with Crippen molar-refractivity contribution in [2.45, 2.75) is 32.9 Å². The van der Waals surface area contributed by atoms with E-state index in [4.69, 9.17) is 0 Å². The Kier molecular flexibility index (Phi) is 5.68. The fourth-order valence-corrected chi connectivity index (χ4v) is 3.42. The lowest BCUT2D eigenvalue weighted by Gasteiger charge is -2.25. The highest BCUT2D eigenvalue weighted by molar-refractivity contribution is 6.09. The van der Waals surface area contributed by atoms with Crippen molar-refractivity contribution < 1.29 is 18.8 Å². The smallest absolute Gasteiger partial charge is 0.325 e. The Labute approximate surface area is 169 Å². The number of nitrogens with one attached hydrogen (secondary N) is 1. The van der Waals surface area contributed by atoms with Gasteiger partial charge in [0.2, 0.25) is 5.91 Å². The second-order valence-electron chi connectivity index (χ2n) is 7.29. The zero-order valence-electron chi connectivity index (χ0n) is 16.7. The van der Waals surface area contributed by atoms with Crippen LogP contribution in [0.2, 0.25) is 0 Å². The molecule has 1 aliphatic heterocycles. The topological polar surface area (TPSA) is 69.7 Å². The molecule has 2 aromatic carbocycles. The summed E-state index contributed by atoms with van der Waals surface area (Å²) in [5, 5.41) is 2.63. The number of likely N-dealkylation sites (N-methyl/N-ethyl adjacent to an activating group) is 1. The number of hydrogen-bond donors (Lipinski definition) is 1. The molecule has 2 aromatic rings. The number of nitrogens with zero attached hydrogens (tertiary/aromatic N) is 2. The van der Waals surface area contributed by atoms with Gasteiger partial charge in [0.15, 0.2) is 0 Å². The molecule has 1 heterocycles. The molecule has 1 unspecified atom stereocenters. The average molecular weight is 397 g/mol. The molecule has 0 radical (unpaired) electrons. The van der Waals surface area contributed by atoms with E-state index in [2.05, 4.69) is 5.32 Å². The van der Waals surface area contributed by atoms with Gasteiger partial charge in [0.1, 0.15) is 17.9 Å². The monoisotopic (exact) mass is 397 g/mol. The summed E-state index contributed by atoms with van der Waals surface area (Å²) in [5.74, 6) is -1.28.